The van der Waals surface area contributed by atoms with Gasteiger partial charge in [-0.1, -0.05) is 31.2 Å². The Morgan fingerprint density at radius 1 is 1.11 bits per heavy atom. The lowest BCUT2D eigenvalue weighted by Crippen LogP contribution is -2.03. The van der Waals surface area contributed by atoms with Gasteiger partial charge in [-0.15, -0.1) is 0 Å². The van der Waals surface area contributed by atoms with Crippen molar-refractivity contribution in [2.45, 2.75) is 26.4 Å². The van der Waals surface area contributed by atoms with Gasteiger partial charge < -0.3 is 10.5 Å². The molecule has 0 aliphatic heterocycles. The quantitative estimate of drug-likeness (QED) is 0.822. The van der Waals surface area contributed by atoms with Crippen LogP contribution in [0.15, 0.2) is 48.5 Å². The molecule has 0 aliphatic carbocycles. The molecule has 94 valence electrons. The maximum atomic E-state index is 5.94. The molecule has 0 amide bonds. The van der Waals surface area contributed by atoms with Crippen LogP contribution in [0.2, 0.25) is 0 Å². The van der Waals surface area contributed by atoms with E-state index in [9.17, 15) is 0 Å². The largest absolute Gasteiger partial charge is 0.486 e. The third kappa shape index (κ3) is 3.04. The van der Waals surface area contributed by atoms with Crippen molar-refractivity contribution < 1.29 is 4.74 Å². The van der Waals surface area contributed by atoms with Crippen molar-refractivity contribution in [3.63, 3.8) is 0 Å². The van der Waals surface area contributed by atoms with Crippen LogP contribution in [0.1, 0.15) is 31.1 Å². The smallest absolute Gasteiger partial charge is 0.121 e. The molecule has 2 rings (SSSR count). The SMILES string of the molecule is CCc1cccc(OC(C)c2ccc(N)cc2)c1. The summed E-state index contributed by atoms with van der Waals surface area (Å²) in [7, 11) is 0. The molecule has 2 aromatic carbocycles. The Kier molecular flexibility index (Phi) is 3.88. The lowest BCUT2D eigenvalue weighted by Gasteiger charge is -2.15. The second-order valence-corrected chi connectivity index (χ2v) is 4.43. The molecule has 0 radical (unpaired) electrons. The summed E-state index contributed by atoms with van der Waals surface area (Å²) in [5.74, 6) is 0.915. The van der Waals surface area contributed by atoms with Crippen molar-refractivity contribution in [2.75, 3.05) is 5.73 Å². The maximum absolute atomic E-state index is 5.94. The highest BCUT2D eigenvalue weighted by Gasteiger charge is 2.07. The molecule has 2 N–H and O–H groups in total. The summed E-state index contributed by atoms with van der Waals surface area (Å²) in [6, 6.07) is 16.0. The molecule has 0 bridgehead atoms. The summed E-state index contributed by atoms with van der Waals surface area (Å²) in [5, 5.41) is 0. The Balaban J connectivity index is 2.10. The van der Waals surface area contributed by atoms with Gasteiger partial charge in [0.15, 0.2) is 0 Å². The predicted molar refractivity (Wildman–Crippen MR) is 75.7 cm³/mol. The highest BCUT2D eigenvalue weighted by Crippen LogP contribution is 2.23. The molecule has 2 heteroatoms. The Morgan fingerprint density at radius 2 is 1.83 bits per heavy atom. The van der Waals surface area contributed by atoms with Crippen LogP contribution in [0.4, 0.5) is 5.69 Å². The Labute approximate surface area is 108 Å². The lowest BCUT2D eigenvalue weighted by atomic mass is 10.1. The lowest BCUT2D eigenvalue weighted by molar-refractivity contribution is 0.227. The van der Waals surface area contributed by atoms with Crippen LogP contribution in [0, 0.1) is 0 Å². The number of hydrogen-bond acceptors (Lipinski definition) is 2. The van der Waals surface area contributed by atoms with E-state index in [-0.39, 0.29) is 6.10 Å². The van der Waals surface area contributed by atoms with E-state index in [4.69, 9.17) is 10.5 Å². The van der Waals surface area contributed by atoms with Gasteiger partial charge in [0.05, 0.1) is 0 Å². The molecule has 18 heavy (non-hydrogen) atoms. The highest BCUT2D eigenvalue weighted by atomic mass is 16.5. The van der Waals surface area contributed by atoms with Crippen molar-refractivity contribution >= 4 is 5.69 Å². The minimum Gasteiger partial charge on any atom is -0.486 e. The Bertz CT molecular complexity index is 505. The zero-order chi connectivity index (χ0) is 13.0. The minimum absolute atomic E-state index is 0.0257. The highest BCUT2D eigenvalue weighted by molar-refractivity contribution is 5.40. The van der Waals surface area contributed by atoms with Crippen LogP contribution in [-0.4, -0.2) is 0 Å². The minimum atomic E-state index is 0.0257. The fourth-order valence-electron chi connectivity index (χ4n) is 1.88. The summed E-state index contributed by atoms with van der Waals surface area (Å²) >= 11 is 0. The second-order valence-electron chi connectivity index (χ2n) is 4.43. The molecule has 0 aliphatic rings. The fraction of sp³-hybridized carbons (Fsp3) is 0.250. The number of rotatable bonds is 4. The van der Waals surface area contributed by atoms with Crippen molar-refractivity contribution in [1.82, 2.24) is 0 Å². The van der Waals surface area contributed by atoms with E-state index < -0.39 is 0 Å². The van der Waals surface area contributed by atoms with Crippen LogP contribution >= 0.6 is 0 Å². The van der Waals surface area contributed by atoms with E-state index in [0.717, 1.165) is 23.4 Å². The molecule has 0 aromatic heterocycles. The van der Waals surface area contributed by atoms with Gasteiger partial charge in [0.1, 0.15) is 11.9 Å². The molecule has 1 atom stereocenters. The average Bonchev–Trinajstić information content (AvgIpc) is 2.39. The molecule has 2 aromatic rings. The third-order valence-corrected chi connectivity index (χ3v) is 3.03. The zero-order valence-electron chi connectivity index (χ0n) is 10.9. The summed E-state index contributed by atoms with van der Waals surface area (Å²) in [6.45, 7) is 4.19. The number of hydrogen-bond donors (Lipinski definition) is 1. The third-order valence-electron chi connectivity index (χ3n) is 3.03. The molecule has 0 spiro atoms. The number of anilines is 1. The first-order valence-electron chi connectivity index (χ1n) is 6.30. The first kappa shape index (κ1) is 12.5. The summed E-state index contributed by atoms with van der Waals surface area (Å²) in [4.78, 5) is 0. The Morgan fingerprint density at radius 3 is 2.50 bits per heavy atom. The summed E-state index contributed by atoms with van der Waals surface area (Å²) < 4.78 is 5.94. The molecule has 0 fully saturated rings. The molecule has 0 heterocycles. The van der Waals surface area contributed by atoms with Crippen LogP contribution in [0.25, 0.3) is 0 Å². The number of benzene rings is 2. The summed E-state index contributed by atoms with van der Waals surface area (Å²) in [5.41, 5.74) is 8.87. The van der Waals surface area contributed by atoms with E-state index in [1.54, 1.807) is 0 Å². The molecule has 0 saturated carbocycles. The number of nitrogen functional groups attached to an aromatic ring is 1. The maximum Gasteiger partial charge on any atom is 0.121 e. The fourth-order valence-corrected chi connectivity index (χ4v) is 1.88. The Hall–Kier alpha value is -1.96. The first-order valence-corrected chi connectivity index (χ1v) is 6.30. The van der Waals surface area contributed by atoms with E-state index >= 15 is 0 Å². The van der Waals surface area contributed by atoms with Gasteiger partial charge in [-0.3, -0.25) is 0 Å². The summed E-state index contributed by atoms with van der Waals surface area (Å²) in [6.07, 6.45) is 1.05. The van der Waals surface area contributed by atoms with E-state index in [0.29, 0.717) is 0 Å². The van der Waals surface area contributed by atoms with E-state index in [1.807, 2.05) is 43.3 Å². The first-order chi connectivity index (χ1) is 8.69. The van der Waals surface area contributed by atoms with E-state index in [1.165, 1.54) is 5.56 Å². The van der Waals surface area contributed by atoms with Gasteiger partial charge in [0.25, 0.3) is 0 Å². The van der Waals surface area contributed by atoms with Crippen LogP contribution in [0.3, 0.4) is 0 Å². The number of aryl methyl sites for hydroxylation is 1. The standard InChI is InChI=1S/C16H19NO/c1-3-13-5-4-6-16(11-13)18-12(2)14-7-9-15(17)10-8-14/h4-12H,3,17H2,1-2H3. The number of nitrogens with two attached hydrogens (primary N) is 1. The molecular formula is C16H19NO. The van der Waals surface area contributed by atoms with E-state index in [2.05, 4.69) is 19.1 Å². The second kappa shape index (κ2) is 5.58. The monoisotopic (exact) mass is 241 g/mol. The number of ether oxygens (including phenoxy) is 1. The molecule has 2 nitrogen and oxygen atoms in total. The van der Waals surface area contributed by atoms with Crippen molar-refractivity contribution in [3.8, 4) is 5.75 Å². The average molecular weight is 241 g/mol. The molecule has 1 unspecified atom stereocenters. The normalized spacial score (nSPS) is 12.1. The van der Waals surface area contributed by atoms with Gasteiger partial charge in [-0.05, 0) is 48.7 Å². The van der Waals surface area contributed by atoms with Gasteiger partial charge in [-0.2, -0.15) is 0 Å². The van der Waals surface area contributed by atoms with Crippen LogP contribution in [0.5, 0.6) is 5.75 Å². The predicted octanol–water partition coefficient (Wildman–Crippen LogP) is 3.97. The van der Waals surface area contributed by atoms with Crippen LogP contribution in [-0.2, 0) is 6.42 Å². The van der Waals surface area contributed by atoms with Crippen LogP contribution < -0.4 is 10.5 Å². The zero-order valence-corrected chi connectivity index (χ0v) is 10.9. The van der Waals surface area contributed by atoms with Crippen molar-refractivity contribution in [3.05, 3.63) is 59.7 Å². The van der Waals surface area contributed by atoms with Crippen molar-refractivity contribution in [2.24, 2.45) is 0 Å². The molecular weight excluding hydrogens is 222 g/mol. The topological polar surface area (TPSA) is 35.2 Å². The van der Waals surface area contributed by atoms with Gasteiger partial charge in [0, 0.05) is 5.69 Å². The van der Waals surface area contributed by atoms with Crippen molar-refractivity contribution in [1.29, 1.82) is 0 Å². The van der Waals surface area contributed by atoms with Gasteiger partial charge in [0.2, 0.25) is 0 Å². The molecule has 0 saturated heterocycles. The van der Waals surface area contributed by atoms with Gasteiger partial charge >= 0.3 is 0 Å². The van der Waals surface area contributed by atoms with Gasteiger partial charge in [-0.25, -0.2) is 0 Å².